The molecule has 4 heteroatoms. The molecule has 1 aliphatic rings. The van der Waals surface area contributed by atoms with Gasteiger partial charge in [0.25, 0.3) is 0 Å². The van der Waals surface area contributed by atoms with E-state index in [1.807, 2.05) is 25.5 Å². The van der Waals surface area contributed by atoms with E-state index in [0.29, 0.717) is 0 Å². The molecule has 112 valence electrons. The summed E-state index contributed by atoms with van der Waals surface area (Å²) in [6.45, 7) is 5.38. The summed E-state index contributed by atoms with van der Waals surface area (Å²) in [6.07, 6.45) is 7.71. The number of aryl methyl sites for hydroxylation is 2. The lowest BCUT2D eigenvalue weighted by atomic mass is 9.96. The molecule has 1 saturated heterocycles. The van der Waals surface area contributed by atoms with E-state index in [2.05, 4.69) is 27.0 Å². The van der Waals surface area contributed by atoms with Gasteiger partial charge in [0.2, 0.25) is 0 Å². The van der Waals surface area contributed by atoms with Crippen LogP contribution in [0.1, 0.15) is 24.8 Å². The molecule has 1 aliphatic heterocycles. The SMILES string of the molecule is Cc1ccc(-c2cncn2CCC2CCCNC2)cc1Cl. The summed E-state index contributed by atoms with van der Waals surface area (Å²) in [5, 5.41) is 4.30. The van der Waals surface area contributed by atoms with Gasteiger partial charge in [0, 0.05) is 17.1 Å². The Hall–Kier alpha value is -1.32. The van der Waals surface area contributed by atoms with Gasteiger partial charge in [-0.15, -0.1) is 0 Å². The molecule has 0 spiro atoms. The van der Waals surface area contributed by atoms with Crippen LogP contribution in [0.2, 0.25) is 5.02 Å². The maximum absolute atomic E-state index is 6.24. The Balaban J connectivity index is 1.72. The predicted octanol–water partition coefficient (Wildman–Crippen LogP) is 3.90. The lowest BCUT2D eigenvalue weighted by Crippen LogP contribution is -2.30. The first-order valence-electron chi connectivity index (χ1n) is 7.71. The van der Waals surface area contributed by atoms with Crippen molar-refractivity contribution in [1.29, 1.82) is 0 Å². The quantitative estimate of drug-likeness (QED) is 0.928. The number of rotatable bonds is 4. The Kier molecular flexibility index (Phi) is 4.61. The zero-order valence-corrected chi connectivity index (χ0v) is 13.2. The largest absolute Gasteiger partial charge is 0.331 e. The molecule has 0 saturated carbocycles. The van der Waals surface area contributed by atoms with Crippen molar-refractivity contribution in [3.8, 4) is 11.3 Å². The Morgan fingerprint density at radius 1 is 1.43 bits per heavy atom. The Bertz CT molecular complexity index is 600. The van der Waals surface area contributed by atoms with E-state index >= 15 is 0 Å². The molecule has 0 radical (unpaired) electrons. The number of nitrogens with zero attached hydrogens (tertiary/aromatic N) is 2. The van der Waals surface area contributed by atoms with E-state index in [9.17, 15) is 0 Å². The molecule has 3 nitrogen and oxygen atoms in total. The summed E-state index contributed by atoms with van der Waals surface area (Å²) in [6, 6.07) is 6.23. The number of imidazole rings is 1. The first-order valence-corrected chi connectivity index (χ1v) is 8.09. The number of hydrogen-bond acceptors (Lipinski definition) is 2. The topological polar surface area (TPSA) is 29.9 Å². The van der Waals surface area contributed by atoms with Gasteiger partial charge in [-0.2, -0.15) is 0 Å². The first kappa shape index (κ1) is 14.6. The summed E-state index contributed by atoms with van der Waals surface area (Å²) in [5.41, 5.74) is 3.41. The number of nitrogens with one attached hydrogen (secondary N) is 1. The highest BCUT2D eigenvalue weighted by atomic mass is 35.5. The molecule has 3 rings (SSSR count). The summed E-state index contributed by atoms with van der Waals surface area (Å²) in [7, 11) is 0. The lowest BCUT2D eigenvalue weighted by molar-refractivity contribution is 0.342. The Labute approximate surface area is 131 Å². The molecule has 1 aromatic heterocycles. The van der Waals surface area contributed by atoms with Gasteiger partial charge in [0.15, 0.2) is 0 Å². The summed E-state index contributed by atoms with van der Waals surface area (Å²) >= 11 is 6.24. The van der Waals surface area contributed by atoms with Crippen molar-refractivity contribution in [2.45, 2.75) is 32.7 Å². The smallest absolute Gasteiger partial charge is 0.0950 e. The van der Waals surface area contributed by atoms with Gasteiger partial charge in [0.05, 0.1) is 18.2 Å². The van der Waals surface area contributed by atoms with Crippen LogP contribution < -0.4 is 5.32 Å². The third kappa shape index (κ3) is 3.47. The van der Waals surface area contributed by atoms with E-state index in [0.717, 1.165) is 40.9 Å². The fourth-order valence-corrected chi connectivity index (χ4v) is 3.16. The van der Waals surface area contributed by atoms with Crippen LogP contribution >= 0.6 is 11.6 Å². The Morgan fingerprint density at radius 3 is 3.10 bits per heavy atom. The Morgan fingerprint density at radius 2 is 2.33 bits per heavy atom. The van der Waals surface area contributed by atoms with Crippen molar-refractivity contribution in [2.24, 2.45) is 5.92 Å². The molecule has 2 heterocycles. The normalized spacial score (nSPS) is 18.9. The molecule has 1 aromatic carbocycles. The second-order valence-corrected chi connectivity index (χ2v) is 6.34. The van der Waals surface area contributed by atoms with Crippen molar-refractivity contribution in [1.82, 2.24) is 14.9 Å². The third-order valence-corrected chi connectivity index (χ3v) is 4.76. The number of piperidine rings is 1. The van der Waals surface area contributed by atoms with Crippen molar-refractivity contribution >= 4 is 11.6 Å². The van der Waals surface area contributed by atoms with Crippen LogP contribution in [0.5, 0.6) is 0 Å². The molecule has 0 bridgehead atoms. The first-order chi connectivity index (χ1) is 10.2. The highest BCUT2D eigenvalue weighted by molar-refractivity contribution is 6.31. The zero-order chi connectivity index (χ0) is 14.7. The molecule has 1 atom stereocenters. The van der Waals surface area contributed by atoms with Crippen molar-refractivity contribution < 1.29 is 0 Å². The lowest BCUT2D eigenvalue weighted by Gasteiger charge is -2.23. The molecule has 2 aromatic rings. The van der Waals surface area contributed by atoms with E-state index in [-0.39, 0.29) is 0 Å². The van der Waals surface area contributed by atoms with Crippen LogP contribution in [0.25, 0.3) is 11.3 Å². The van der Waals surface area contributed by atoms with E-state index in [1.165, 1.54) is 25.8 Å². The number of benzene rings is 1. The maximum Gasteiger partial charge on any atom is 0.0950 e. The van der Waals surface area contributed by atoms with Crippen LogP contribution in [0.3, 0.4) is 0 Å². The van der Waals surface area contributed by atoms with Crippen molar-refractivity contribution in [3.63, 3.8) is 0 Å². The molecule has 1 unspecified atom stereocenters. The van der Waals surface area contributed by atoms with Gasteiger partial charge in [0.1, 0.15) is 0 Å². The van der Waals surface area contributed by atoms with Crippen LogP contribution in [0.15, 0.2) is 30.7 Å². The monoisotopic (exact) mass is 303 g/mol. The van der Waals surface area contributed by atoms with Crippen LogP contribution in [0, 0.1) is 12.8 Å². The fourth-order valence-electron chi connectivity index (χ4n) is 2.98. The zero-order valence-electron chi connectivity index (χ0n) is 12.5. The summed E-state index contributed by atoms with van der Waals surface area (Å²) in [4.78, 5) is 4.32. The van der Waals surface area contributed by atoms with E-state index < -0.39 is 0 Å². The standard InChI is InChI=1S/C17H22ClN3/c1-13-4-5-15(9-16(13)18)17-11-20-12-21(17)8-6-14-3-2-7-19-10-14/h4-5,9,11-12,14,19H,2-3,6-8,10H2,1H3. The molecule has 0 amide bonds. The molecule has 1 N–H and O–H groups in total. The average Bonchev–Trinajstić information content (AvgIpc) is 2.97. The van der Waals surface area contributed by atoms with E-state index in [4.69, 9.17) is 11.6 Å². The van der Waals surface area contributed by atoms with Gasteiger partial charge < -0.3 is 9.88 Å². The fraction of sp³-hybridized carbons (Fsp3) is 0.471. The number of halogens is 1. The number of hydrogen-bond donors (Lipinski definition) is 1. The third-order valence-electron chi connectivity index (χ3n) is 4.36. The maximum atomic E-state index is 6.24. The number of aromatic nitrogens is 2. The van der Waals surface area contributed by atoms with Crippen molar-refractivity contribution in [3.05, 3.63) is 41.3 Å². The summed E-state index contributed by atoms with van der Waals surface area (Å²) in [5.74, 6) is 0.788. The van der Waals surface area contributed by atoms with Gasteiger partial charge >= 0.3 is 0 Å². The average molecular weight is 304 g/mol. The molecule has 21 heavy (non-hydrogen) atoms. The molecule has 1 fully saturated rings. The minimum atomic E-state index is 0.788. The van der Waals surface area contributed by atoms with Gasteiger partial charge in [-0.3, -0.25) is 0 Å². The van der Waals surface area contributed by atoms with Gasteiger partial charge in [-0.25, -0.2) is 4.98 Å². The molecular formula is C17H22ClN3. The van der Waals surface area contributed by atoms with E-state index in [1.54, 1.807) is 0 Å². The highest BCUT2D eigenvalue weighted by Gasteiger charge is 2.14. The second kappa shape index (κ2) is 6.63. The summed E-state index contributed by atoms with van der Waals surface area (Å²) < 4.78 is 2.25. The minimum absolute atomic E-state index is 0.788. The van der Waals surface area contributed by atoms with Crippen LogP contribution in [-0.2, 0) is 6.54 Å². The molecular weight excluding hydrogens is 282 g/mol. The van der Waals surface area contributed by atoms with Crippen LogP contribution in [0.4, 0.5) is 0 Å². The van der Waals surface area contributed by atoms with Crippen LogP contribution in [-0.4, -0.2) is 22.6 Å². The van der Waals surface area contributed by atoms with Gasteiger partial charge in [-0.05, 0) is 56.8 Å². The van der Waals surface area contributed by atoms with Gasteiger partial charge in [-0.1, -0.05) is 23.7 Å². The highest BCUT2D eigenvalue weighted by Crippen LogP contribution is 2.26. The van der Waals surface area contributed by atoms with Crippen molar-refractivity contribution in [2.75, 3.05) is 13.1 Å². The minimum Gasteiger partial charge on any atom is -0.331 e. The predicted molar refractivity (Wildman–Crippen MR) is 87.6 cm³/mol. The second-order valence-electron chi connectivity index (χ2n) is 5.94. The molecule has 0 aliphatic carbocycles.